The number of hydrogen-bond donors (Lipinski definition) is 0. The van der Waals surface area contributed by atoms with Crippen LogP contribution in [0.15, 0.2) is 103 Å². The van der Waals surface area contributed by atoms with Crippen LogP contribution >= 0.6 is 0 Å². The second-order valence-corrected chi connectivity index (χ2v) is 15.3. The van der Waals surface area contributed by atoms with E-state index in [0.29, 0.717) is 6.61 Å². The Morgan fingerprint density at radius 3 is 1.61 bits per heavy atom. The minimum atomic E-state index is -1.83. The lowest BCUT2D eigenvalue weighted by Crippen LogP contribution is -2.47. The van der Waals surface area contributed by atoms with Gasteiger partial charge in [0.2, 0.25) is 14.6 Å². The first-order valence-corrected chi connectivity index (χ1v) is 16.0. The minimum absolute atomic E-state index is 0.244. The second kappa shape index (κ2) is 10.7. The molecule has 0 N–H and O–H groups in total. The summed E-state index contributed by atoms with van der Waals surface area (Å²) in [5.74, 6) is 0.762. The van der Waals surface area contributed by atoms with Crippen molar-refractivity contribution in [3.05, 3.63) is 120 Å². The van der Waals surface area contributed by atoms with Crippen LogP contribution in [0, 0.1) is 5.41 Å². The van der Waals surface area contributed by atoms with Gasteiger partial charge in [0.1, 0.15) is 11.4 Å². The van der Waals surface area contributed by atoms with E-state index in [9.17, 15) is 0 Å². The molecule has 0 saturated carbocycles. The van der Waals surface area contributed by atoms with E-state index in [1.165, 1.54) is 0 Å². The van der Waals surface area contributed by atoms with Crippen LogP contribution in [0.3, 0.4) is 0 Å². The molecule has 1 aliphatic heterocycles. The monoisotopic (exact) mass is 502 g/mol. The summed E-state index contributed by atoms with van der Waals surface area (Å²) >= 11 is 0. The van der Waals surface area contributed by atoms with Gasteiger partial charge >= 0.3 is 0 Å². The predicted octanol–water partition coefficient (Wildman–Crippen LogP) is 7.13. The lowest BCUT2D eigenvalue weighted by Gasteiger charge is -2.43. The fourth-order valence-electron chi connectivity index (χ4n) is 4.75. The summed E-state index contributed by atoms with van der Waals surface area (Å²) in [6.45, 7) is 11.2. The van der Waals surface area contributed by atoms with E-state index in [2.05, 4.69) is 112 Å². The summed E-state index contributed by atoms with van der Waals surface area (Å²) in [4.78, 5) is 0. The zero-order valence-electron chi connectivity index (χ0n) is 22.2. The molecule has 190 valence electrons. The van der Waals surface area contributed by atoms with Crippen molar-refractivity contribution in [3.63, 3.8) is 0 Å². The van der Waals surface area contributed by atoms with Crippen LogP contribution in [0.1, 0.15) is 30.5 Å². The third-order valence-electron chi connectivity index (χ3n) is 6.49. The van der Waals surface area contributed by atoms with Crippen molar-refractivity contribution in [1.29, 1.82) is 0 Å². The Morgan fingerprint density at radius 1 is 0.778 bits per heavy atom. The molecule has 0 spiro atoms. The fourth-order valence-corrected chi connectivity index (χ4v) is 5.61. The molecule has 1 aliphatic rings. The van der Waals surface area contributed by atoms with Gasteiger partial charge in [-0.3, -0.25) is 0 Å². The highest BCUT2D eigenvalue weighted by atomic mass is 28.4. The van der Waals surface area contributed by atoms with Crippen LogP contribution in [0.4, 0.5) is 0 Å². The van der Waals surface area contributed by atoms with E-state index in [-0.39, 0.29) is 11.5 Å². The van der Waals surface area contributed by atoms with E-state index >= 15 is 0 Å². The van der Waals surface area contributed by atoms with Gasteiger partial charge in [0, 0.05) is 12.5 Å². The first-order chi connectivity index (χ1) is 17.2. The van der Waals surface area contributed by atoms with Crippen molar-refractivity contribution >= 4 is 8.32 Å². The highest BCUT2D eigenvalue weighted by Crippen LogP contribution is 2.43. The fraction of sp³-hybridized carbons (Fsp3) is 0.355. The van der Waals surface area contributed by atoms with Gasteiger partial charge in [0.15, 0.2) is 0 Å². The van der Waals surface area contributed by atoms with Gasteiger partial charge in [0.25, 0.3) is 0 Å². The summed E-state index contributed by atoms with van der Waals surface area (Å²) in [5.41, 5.74) is 2.08. The standard InChI is InChI=1S/C31H38O4Si/c1-30(2)22-27(35-36(4,5)6)29(32-3)34-28(30)23-33-31(24-16-10-7-11-17-24,25-18-12-8-13-19-25)26-20-14-9-15-21-26/h7-22,28-29H,23H2,1-6H3. The number of benzene rings is 3. The Balaban J connectivity index is 1.75. The molecule has 0 fully saturated rings. The quantitative estimate of drug-likeness (QED) is 0.230. The van der Waals surface area contributed by atoms with E-state index in [1.54, 1.807) is 7.11 Å². The predicted molar refractivity (Wildman–Crippen MR) is 147 cm³/mol. The van der Waals surface area contributed by atoms with E-state index in [1.807, 2.05) is 18.2 Å². The molecule has 0 aromatic heterocycles. The van der Waals surface area contributed by atoms with Crippen molar-refractivity contribution in [2.75, 3.05) is 13.7 Å². The molecule has 1 heterocycles. The molecule has 0 saturated heterocycles. The normalized spacial score (nSPS) is 20.0. The molecule has 0 aliphatic carbocycles. The Morgan fingerprint density at radius 2 is 1.22 bits per heavy atom. The summed E-state index contributed by atoms with van der Waals surface area (Å²) in [7, 11) is -0.170. The maximum Gasteiger partial charge on any atom is 0.242 e. The molecule has 4 rings (SSSR count). The Kier molecular flexibility index (Phi) is 7.86. The van der Waals surface area contributed by atoms with E-state index < -0.39 is 20.2 Å². The van der Waals surface area contributed by atoms with Gasteiger partial charge in [-0.1, -0.05) is 105 Å². The zero-order valence-corrected chi connectivity index (χ0v) is 23.2. The summed E-state index contributed by atoms with van der Waals surface area (Å²) in [5, 5.41) is 0. The zero-order chi connectivity index (χ0) is 25.8. The molecule has 3 aromatic rings. The molecule has 2 unspecified atom stereocenters. The van der Waals surface area contributed by atoms with E-state index in [0.717, 1.165) is 22.4 Å². The molecule has 4 nitrogen and oxygen atoms in total. The molecular formula is C31H38O4Si. The molecule has 0 radical (unpaired) electrons. The van der Waals surface area contributed by atoms with Crippen LogP contribution in [-0.2, 0) is 24.2 Å². The van der Waals surface area contributed by atoms with Crippen LogP contribution in [0.25, 0.3) is 0 Å². The molecule has 2 atom stereocenters. The van der Waals surface area contributed by atoms with Gasteiger partial charge < -0.3 is 18.6 Å². The highest BCUT2D eigenvalue weighted by Gasteiger charge is 2.43. The third-order valence-corrected chi connectivity index (χ3v) is 7.34. The molecule has 36 heavy (non-hydrogen) atoms. The average molecular weight is 503 g/mol. The first kappa shape index (κ1) is 26.4. The van der Waals surface area contributed by atoms with Crippen molar-refractivity contribution in [2.45, 2.75) is 51.5 Å². The van der Waals surface area contributed by atoms with Crippen LogP contribution in [-0.4, -0.2) is 34.4 Å². The average Bonchev–Trinajstić information content (AvgIpc) is 2.86. The smallest absolute Gasteiger partial charge is 0.242 e. The number of rotatable bonds is 9. The summed E-state index contributed by atoms with van der Waals surface area (Å²) in [6, 6.07) is 31.2. The van der Waals surface area contributed by atoms with Gasteiger partial charge in [-0.15, -0.1) is 0 Å². The van der Waals surface area contributed by atoms with Crippen LogP contribution in [0.2, 0.25) is 19.6 Å². The molecule has 0 amide bonds. The molecule has 3 aromatic carbocycles. The molecule has 0 bridgehead atoms. The van der Waals surface area contributed by atoms with Crippen LogP contribution in [0.5, 0.6) is 0 Å². The second-order valence-electron chi connectivity index (χ2n) is 10.9. The maximum atomic E-state index is 7.05. The Labute approximate surface area is 217 Å². The Hall–Kier alpha value is -2.70. The lowest BCUT2D eigenvalue weighted by molar-refractivity contribution is -0.202. The summed E-state index contributed by atoms with van der Waals surface area (Å²) in [6.07, 6.45) is 1.36. The largest absolute Gasteiger partial charge is 0.544 e. The maximum absolute atomic E-state index is 7.05. The lowest BCUT2D eigenvalue weighted by atomic mass is 9.79. The van der Waals surface area contributed by atoms with Crippen LogP contribution < -0.4 is 0 Å². The van der Waals surface area contributed by atoms with Crippen molar-refractivity contribution in [3.8, 4) is 0 Å². The van der Waals surface area contributed by atoms with Crippen molar-refractivity contribution in [2.24, 2.45) is 5.41 Å². The SMILES string of the molecule is COC1OC(COC(c2ccccc2)(c2ccccc2)c2ccccc2)C(C)(C)C=C1O[Si](C)(C)C. The van der Waals surface area contributed by atoms with E-state index in [4.69, 9.17) is 18.6 Å². The van der Waals surface area contributed by atoms with Gasteiger partial charge in [-0.2, -0.15) is 0 Å². The highest BCUT2D eigenvalue weighted by molar-refractivity contribution is 6.70. The Bertz CT molecular complexity index is 1040. The van der Waals surface area contributed by atoms with Crippen molar-refractivity contribution in [1.82, 2.24) is 0 Å². The molecule has 5 heteroatoms. The van der Waals surface area contributed by atoms with Gasteiger partial charge in [0.05, 0.1) is 12.7 Å². The topological polar surface area (TPSA) is 36.9 Å². The third kappa shape index (κ3) is 5.65. The number of hydrogen-bond acceptors (Lipinski definition) is 4. The van der Waals surface area contributed by atoms with Gasteiger partial charge in [-0.25, -0.2) is 0 Å². The minimum Gasteiger partial charge on any atom is -0.544 e. The van der Waals surface area contributed by atoms with Crippen molar-refractivity contribution < 1.29 is 18.6 Å². The van der Waals surface area contributed by atoms with Gasteiger partial charge in [-0.05, 0) is 42.4 Å². The first-order valence-electron chi connectivity index (χ1n) is 12.6. The number of ether oxygens (including phenoxy) is 3. The summed E-state index contributed by atoms with van der Waals surface area (Å²) < 4.78 is 25.6. The molecular weight excluding hydrogens is 464 g/mol. The number of methoxy groups -OCH3 is 1.